The van der Waals surface area contributed by atoms with Gasteiger partial charge < -0.3 is 51.2 Å². The van der Waals surface area contributed by atoms with Crippen LogP contribution in [0.4, 0.5) is 0 Å². The third-order valence-corrected chi connectivity index (χ3v) is 25.1. The van der Waals surface area contributed by atoms with Crippen LogP contribution in [-0.2, 0) is 59.2 Å². The smallest absolute Gasteiger partial charge is 0.748 e. The number of aryl methyl sites for hydroxylation is 3. The fourth-order valence-corrected chi connectivity index (χ4v) is 20.5. The number of aliphatic hydroxyl groups is 3. The number of nitrogens with one attached hydrogen (secondary N) is 1. The number of fused-ring (bicyclic) bond motifs is 9. The molecule has 10 aliphatic rings. The number of aromatic hydroxyl groups is 1. The summed E-state index contributed by atoms with van der Waals surface area (Å²) < 4.78 is 58.2. The van der Waals surface area contributed by atoms with Crippen LogP contribution in [0.5, 0.6) is 11.5 Å². The molecule has 0 amide bonds. The molecule has 5 aliphatic carbocycles. The summed E-state index contributed by atoms with van der Waals surface area (Å²) in [6.07, 6.45) is 10.8. The number of phenols is 1. The van der Waals surface area contributed by atoms with Crippen LogP contribution in [0.15, 0.2) is 150 Å². The molecule has 15 atom stereocenters. The zero-order valence-electron chi connectivity index (χ0n) is 55.6. The zero-order valence-corrected chi connectivity index (χ0v) is 58.4. The van der Waals surface area contributed by atoms with E-state index < -0.39 is 56.7 Å². The van der Waals surface area contributed by atoms with Gasteiger partial charge in [-0.3, -0.25) is 0 Å². The predicted molar refractivity (Wildman–Crippen MR) is 370 cm³/mol. The van der Waals surface area contributed by atoms with Crippen molar-refractivity contribution in [3.05, 3.63) is 223 Å². The van der Waals surface area contributed by atoms with Gasteiger partial charge in [0.25, 0.3) is 0 Å². The largest absolute Gasteiger partial charge is 1.00 e. The molecule has 96 heavy (non-hydrogen) atoms. The molecule has 1 saturated carbocycles. The number of guanidine groups is 1. The number of nitrogens with two attached hydrogens (primary N) is 2. The van der Waals surface area contributed by atoms with Crippen molar-refractivity contribution in [1.29, 1.82) is 0 Å². The van der Waals surface area contributed by atoms with Crippen molar-refractivity contribution in [2.75, 3.05) is 13.7 Å². The molecular weight excluding hydrogens is 1230 g/mol. The van der Waals surface area contributed by atoms with Crippen LogP contribution in [0, 0.1) is 41.4 Å². The molecule has 0 unspecified atom stereocenters. The van der Waals surface area contributed by atoms with Gasteiger partial charge in [0.15, 0.2) is 5.96 Å². The van der Waals surface area contributed by atoms with Crippen molar-refractivity contribution < 1.29 is 72.4 Å². The van der Waals surface area contributed by atoms with Gasteiger partial charge in [-0.2, -0.15) is 0 Å². The number of phenolic OH excluding ortho intramolecular Hbond substituents is 1. The average molecular weight is 1320 g/mol. The Hall–Kier alpha value is -6.32. The summed E-state index contributed by atoms with van der Waals surface area (Å²) in [5.41, 5.74) is 26.0. The molecule has 17 rings (SSSR count). The Labute approximate surface area is 587 Å². The van der Waals surface area contributed by atoms with E-state index in [1.807, 2.05) is 67.7 Å². The van der Waals surface area contributed by atoms with Gasteiger partial charge in [-0.05, 0) is 259 Å². The van der Waals surface area contributed by atoms with Gasteiger partial charge in [0.2, 0.25) is 5.72 Å². The Bertz CT molecular complexity index is 4340. The summed E-state index contributed by atoms with van der Waals surface area (Å²) in [6, 6.07) is 45.3. The maximum absolute atomic E-state index is 14.5. The van der Waals surface area contributed by atoms with E-state index in [0.717, 1.165) is 96.0 Å². The molecule has 5 heterocycles. The van der Waals surface area contributed by atoms with Crippen LogP contribution in [0.25, 0.3) is 10.8 Å². The number of rotatable bonds is 11. The van der Waals surface area contributed by atoms with E-state index in [9.17, 15) is 33.4 Å². The van der Waals surface area contributed by atoms with Gasteiger partial charge in [-0.1, -0.05) is 128 Å². The van der Waals surface area contributed by atoms with Crippen molar-refractivity contribution in [3.8, 4) is 23.3 Å². The molecule has 2 fully saturated rings. The maximum Gasteiger partial charge on any atom is 1.00 e. The predicted octanol–water partition coefficient (Wildman–Crippen LogP) is 9.89. The zero-order chi connectivity index (χ0) is 65.5. The molecule has 10 bridgehead atoms. The quantitative estimate of drug-likeness (QED) is 0.0160. The molecule has 13 nitrogen and oxygen atoms in total. The first-order valence-electron chi connectivity index (χ1n) is 35.0. The van der Waals surface area contributed by atoms with Crippen LogP contribution in [0.1, 0.15) is 198 Å². The summed E-state index contributed by atoms with van der Waals surface area (Å²) in [5.74, 6) is 4.63. The van der Waals surface area contributed by atoms with E-state index in [4.69, 9.17) is 25.9 Å². The fraction of sp³-hybridized carbons (Fsp3) is 0.444. The van der Waals surface area contributed by atoms with Crippen LogP contribution < -0.4 is 51.1 Å². The van der Waals surface area contributed by atoms with Gasteiger partial charge in [-0.15, -0.1) is 0 Å². The van der Waals surface area contributed by atoms with Crippen molar-refractivity contribution in [3.63, 3.8) is 0 Å². The third kappa shape index (κ3) is 12.7. The molecule has 7 aromatic rings. The van der Waals surface area contributed by atoms with E-state index in [0.29, 0.717) is 68.2 Å². The first-order chi connectivity index (χ1) is 45.9. The van der Waals surface area contributed by atoms with Gasteiger partial charge in [0.05, 0.1) is 33.2 Å². The first kappa shape index (κ1) is 66.9. The standard InChI is InChI=1S/C81H90N4O9S.Na/c1-47-16-17-55-39-64-26-31-66(55)71(47)42-73(95(90,91)92)72-41-59-37-58(40-65-34-49(46-86)11-6-13-53-38-63(87)25-30-69(53)78(59)93-65)74(72)51-18-23-61(24-19-51)81(94-64,85-79(82)83)44-62(33-48-9-4-3-5-10-48)80(89)32-8-15-57(43-80)52-21-28-68-54(35-52)22-27-67-60(45-84-2)36-56-14-7-12-50-20-29-70(77(68)88)76(67)75(50)56;/h3-5,7,9-10,12,14,18-19,21,23-26,28,30-31,35-36,38-39,41,47,49,57-58,62,65,70-74,77-78,84,86-89H,8,11,15-17,20,22,27,29,32-34,37,40,42-46H2,1-2H3,(H4,82,83,85)(H,90,91,92);/q;+1/p-1/t47-,49+,57+,58-,62-,65-,70-,71+,72-,73-,74+,77-,78-,80-,81+;/m1./s1. The summed E-state index contributed by atoms with van der Waals surface area (Å²) in [4.78, 5) is 5.24. The molecule has 5 aliphatic heterocycles. The molecule has 0 spiro atoms. The number of ether oxygens (including phenoxy) is 2. The second-order valence-corrected chi connectivity index (χ2v) is 31.1. The Morgan fingerprint density at radius 2 is 1.61 bits per heavy atom. The van der Waals surface area contributed by atoms with Crippen molar-refractivity contribution in [1.82, 2.24) is 5.32 Å². The van der Waals surface area contributed by atoms with Gasteiger partial charge in [0, 0.05) is 48.6 Å². The van der Waals surface area contributed by atoms with Crippen LogP contribution in [-0.4, -0.2) is 70.0 Å². The molecule has 9 N–H and O–H groups in total. The van der Waals surface area contributed by atoms with Crippen molar-refractivity contribution in [2.24, 2.45) is 46.0 Å². The SMILES string of the molecule is CNCc1cc2cccc3c2c2c1CCc1cc([C@H]4CCC[C@](O)([C@H](Cc5ccccc5)C[C@]5(N=C(N)N)Oc6ccc7c(c6)CC[C@@H](C)[C@@H]7C[C@@H](S(=O)(=O)[O-])[C@H]6C=C7C[C@H](C[C@H]8C[C@@H](CO)CC#Cc9cc(O)ccc9[C@@H]7O8)[C@@H]6c6ccc5cc6)C4)ccc1[C@@H](O)[C@@H]2CC3.[Na+]. The van der Waals surface area contributed by atoms with E-state index in [-0.39, 0.29) is 102 Å². The number of hydrogen-bond acceptors (Lipinski definition) is 11. The van der Waals surface area contributed by atoms with Crippen molar-refractivity contribution >= 4 is 26.9 Å². The topological polar surface area (TPSA) is 233 Å². The number of aliphatic imine (C=N–C) groups is 1. The minimum absolute atomic E-state index is 0. The van der Waals surface area contributed by atoms with Crippen LogP contribution >= 0.6 is 0 Å². The Morgan fingerprint density at radius 3 is 2.41 bits per heavy atom. The molecule has 0 radical (unpaired) electrons. The molecule has 0 aromatic heterocycles. The van der Waals surface area contributed by atoms with E-state index >= 15 is 0 Å². The summed E-state index contributed by atoms with van der Waals surface area (Å²) >= 11 is 0. The third-order valence-electron chi connectivity index (χ3n) is 23.9. The Kier molecular flexibility index (Phi) is 18.9. The maximum atomic E-state index is 14.5. The first-order valence-corrected chi connectivity index (χ1v) is 36.4. The van der Waals surface area contributed by atoms with Crippen LogP contribution in [0.3, 0.4) is 0 Å². The monoisotopic (exact) mass is 1320 g/mol. The normalized spacial score (nSPS) is 29.8. The van der Waals surface area contributed by atoms with Crippen LogP contribution in [0.2, 0.25) is 0 Å². The number of allylic oxidation sites excluding steroid dienone is 1. The molecular formula is C81H89N4NaO9S. The minimum atomic E-state index is -4.97. The average Bonchev–Trinajstić information content (AvgIpc) is 1.03. The minimum Gasteiger partial charge on any atom is -0.748 e. The Morgan fingerprint density at radius 1 is 0.833 bits per heavy atom. The molecule has 15 heteroatoms. The number of nitrogens with zero attached hydrogens (tertiary/aromatic N) is 1. The number of benzene rings is 7. The molecule has 1 saturated heterocycles. The molecule has 494 valence electrons. The summed E-state index contributed by atoms with van der Waals surface area (Å²) in [5, 5.41) is 52.9. The van der Waals surface area contributed by atoms with Gasteiger partial charge in [0.1, 0.15) is 17.6 Å². The van der Waals surface area contributed by atoms with Crippen molar-refractivity contribution in [2.45, 2.75) is 181 Å². The number of aliphatic hydroxyl groups excluding tert-OH is 2. The molecule has 7 aromatic carbocycles. The summed E-state index contributed by atoms with van der Waals surface area (Å²) in [7, 11) is -2.97. The van der Waals surface area contributed by atoms with E-state index in [1.54, 1.807) is 12.1 Å². The second-order valence-electron chi connectivity index (χ2n) is 29.5. The Balaban J connectivity index is 0.00000792. The number of hydrogen-bond donors (Lipinski definition) is 7. The van der Waals surface area contributed by atoms with E-state index in [2.05, 4.69) is 90.8 Å². The van der Waals surface area contributed by atoms with Gasteiger partial charge in [-0.25, -0.2) is 13.4 Å². The summed E-state index contributed by atoms with van der Waals surface area (Å²) in [6.45, 7) is 2.82. The van der Waals surface area contributed by atoms with E-state index in [1.165, 1.54) is 38.6 Å². The fourth-order valence-electron chi connectivity index (χ4n) is 19.4. The second kappa shape index (κ2) is 27.1. The van der Waals surface area contributed by atoms with Gasteiger partial charge >= 0.3 is 29.6 Å².